The Labute approximate surface area is 226 Å². The molecule has 2 heterocycles. The monoisotopic (exact) mass is 546 g/mol. The van der Waals surface area contributed by atoms with Gasteiger partial charge in [-0.1, -0.05) is 59.6 Å². The summed E-state index contributed by atoms with van der Waals surface area (Å²) in [5.74, 6) is 0.125. The van der Waals surface area contributed by atoms with Crippen LogP contribution in [0.4, 0.5) is 0 Å². The SMILES string of the molecule is Cc1ccc(S(=O)(=O)n2c(C(N)c3ccccc3Cl)nc3c(-c4cc(C(C)(C)O)ccn4)cccc32)cc1. The van der Waals surface area contributed by atoms with Crippen LogP contribution in [0, 0.1) is 6.92 Å². The van der Waals surface area contributed by atoms with Crippen molar-refractivity contribution >= 4 is 32.7 Å². The number of nitrogens with two attached hydrogens (primary N) is 1. The zero-order valence-electron chi connectivity index (χ0n) is 21.1. The molecule has 0 saturated heterocycles. The quantitative estimate of drug-likeness (QED) is 0.288. The molecule has 0 aliphatic carbocycles. The number of halogens is 1. The zero-order valence-corrected chi connectivity index (χ0v) is 22.7. The number of aromatic nitrogens is 3. The van der Waals surface area contributed by atoms with Crippen LogP contribution < -0.4 is 5.73 Å². The van der Waals surface area contributed by atoms with E-state index in [9.17, 15) is 13.5 Å². The Morgan fingerprint density at radius 3 is 2.39 bits per heavy atom. The van der Waals surface area contributed by atoms with Gasteiger partial charge in [-0.15, -0.1) is 0 Å². The molecule has 38 heavy (non-hydrogen) atoms. The third kappa shape index (κ3) is 4.61. The topological polar surface area (TPSA) is 111 Å². The van der Waals surface area contributed by atoms with Crippen molar-refractivity contribution in [2.75, 3.05) is 0 Å². The van der Waals surface area contributed by atoms with Crippen molar-refractivity contribution in [2.45, 2.75) is 37.3 Å². The maximum absolute atomic E-state index is 14.1. The number of benzene rings is 3. The van der Waals surface area contributed by atoms with E-state index in [0.29, 0.717) is 38.4 Å². The molecule has 0 bridgehead atoms. The Hall–Kier alpha value is -3.56. The average molecular weight is 547 g/mol. The van der Waals surface area contributed by atoms with Gasteiger partial charge in [-0.3, -0.25) is 4.98 Å². The molecule has 5 aromatic rings. The number of hydrogen-bond acceptors (Lipinski definition) is 6. The van der Waals surface area contributed by atoms with Crippen molar-refractivity contribution in [1.29, 1.82) is 0 Å². The third-order valence-electron chi connectivity index (χ3n) is 6.49. The molecule has 9 heteroatoms. The van der Waals surface area contributed by atoms with Crippen molar-refractivity contribution in [3.8, 4) is 11.3 Å². The summed E-state index contributed by atoms with van der Waals surface area (Å²) in [6, 6.07) is 21.5. The van der Waals surface area contributed by atoms with Crippen LogP contribution >= 0.6 is 11.6 Å². The van der Waals surface area contributed by atoms with Gasteiger partial charge >= 0.3 is 0 Å². The molecule has 1 unspecified atom stereocenters. The highest BCUT2D eigenvalue weighted by molar-refractivity contribution is 7.90. The predicted octanol–water partition coefficient (Wildman–Crippen LogP) is 5.57. The fourth-order valence-corrected chi connectivity index (χ4v) is 6.14. The van der Waals surface area contributed by atoms with E-state index in [1.807, 2.05) is 13.0 Å². The highest BCUT2D eigenvalue weighted by atomic mass is 35.5. The summed E-state index contributed by atoms with van der Waals surface area (Å²) < 4.78 is 29.4. The Bertz CT molecular complexity index is 1760. The van der Waals surface area contributed by atoms with E-state index in [2.05, 4.69) is 4.98 Å². The van der Waals surface area contributed by atoms with E-state index in [1.54, 1.807) is 92.8 Å². The first kappa shape index (κ1) is 26.1. The van der Waals surface area contributed by atoms with Crippen LogP contribution in [0.5, 0.6) is 0 Å². The zero-order chi connectivity index (χ0) is 27.2. The molecule has 194 valence electrons. The van der Waals surface area contributed by atoms with Crippen LogP contribution in [-0.2, 0) is 15.6 Å². The molecule has 2 aromatic heterocycles. The number of fused-ring (bicyclic) bond motifs is 1. The second kappa shape index (κ2) is 9.63. The summed E-state index contributed by atoms with van der Waals surface area (Å²) in [6.07, 6.45) is 1.61. The van der Waals surface area contributed by atoms with Crippen molar-refractivity contribution in [2.24, 2.45) is 5.73 Å². The van der Waals surface area contributed by atoms with E-state index in [4.69, 9.17) is 22.3 Å². The minimum Gasteiger partial charge on any atom is -0.386 e. The number of aliphatic hydroxyl groups is 1. The number of hydrogen-bond donors (Lipinski definition) is 2. The van der Waals surface area contributed by atoms with Gasteiger partial charge in [-0.25, -0.2) is 17.4 Å². The molecule has 3 aromatic carbocycles. The first-order chi connectivity index (χ1) is 18.0. The average Bonchev–Trinajstić information content (AvgIpc) is 3.29. The molecule has 0 radical (unpaired) electrons. The first-order valence-electron chi connectivity index (χ1n) is 12.0. The Morgan fingerprint density at radius 1 is 1.00 bits per heavy atom. The van der Waals surface area contributed by atoms with Gasteiger partial charge < -0.3 is 10.8 Å². The van der Waals surface area contributed by atoms with Gasteiger partial charge in [-0.2, -0.15) is 0 Å². The lowest BCUT2D eigenvalue weighted by atomic mass is 9.97. The molecule has 0 fully saturated rings. The van der Waals surface area contributed by atoms with E-state index in [-0.39, 0.29) is 10.7 Å². The molecule has 0 saturated carbocycles. The van der Waals surface area contributed by atoms with E-state index in [1.165, 1.54) is 3.97 Å². The van der Waals surface area contributed by atoms with E-state index in [0.717, 1.165) is 5.56 Å². The molecular weight excluding hydrogens is 520 g/mol. The first-order valence-corrected chi connectivity index (χ1v) is 13.8. The van der Waals surface area contributed by atoms with Crippen LogP contribution in [-0.4, -0.2) is 27.5 Å². The van der Waals surface area contributed by atoms with Gasteiger partial charge in [-0.05, 0) is 68.3 Å². The Kier molecular flexibility index (Phi) is 6.61. The fourth-order valence-electron chi connectivity index (χ4n) is 4.39. The molecule has 0 spiro atoms. The Balaban J connectivity index is 1.81. The van der Waals surface area contributed by atoms with Crippen molar-refractivity contribution < 1.29 is 13.5 Å². The summed E-state index contributed by atoms with van der Waals surface area (Å²) in [7, 11) is -4.10. The normalized spacial score (nSPS) is 13.1. The van der Waals surface area contributed by atoms with E-state index < -0.39 is 21.7 Å². The van der Waals surface area contributed by atoms with Gasteiger partial charge in [0.25, 0.3) is 10.0 Å². The van der Waals surface area contributed by atoms with Gasteiger partial charge in [0.05, 0.1) is 33.3 Å². The highest BCUT2D eigenvalue weighted by Crippen LogP contribution is 2.35. The number of aryl methyl sites for hydroxylation is 1. The molecular formula is C29H27ClN4O3S. The van der Waals surface area contributed by atoms with Gasteiger partial charge in [0.2, 0.25) is 0 Å². The lowest BCUT2D eigenvalue weighted by Gasteiger charge is -2.18. The van der Waals surface area contributed by atoms with Gasteiger partial charge in [0, 0.05) is 16.8 Å². The maximum Gasteiger partial charge on any atom is 0.269 e. The molecule has 5 rings (SSSR count). The molecule has 0 aliphatic rings. The van der Waals surface area contributed by atoms with E-state index >= 15 is 0 Å². The predicted molar refractivity (Wildman–Crippen MR) is 149 cm³/mol. The van der Waals surface area contributed by atoms with Crippen molar-refractivity contribution in [3.63, 3.8) is 0 Å². The summed E-state index contributed by atoms with van der Waals surface area (Å²) >= 11 is 6.46. The molecule has 0 amide bonds. The van der Waals surface area contributed by atoms with Gasteiger partial charge in [0.15, 0.2) is 0 Å². The minimum atomic E-state index is -4.10. The third-order valence-corrected chi connectivity index (χ3v) is 8.56. The number of pyridine rings is 1. The second-order valence-electron chi connectivity index (χ2n) is 9.71. The Morgan fingerprint density at radius 2 is 1.71 bits per heavy atom. The van der Waals surface area contributed by atoms with Crippen LogP contribution in [0.3, 0.4) is 0 Å². The summed E-state index contributed by atoms with van der Waals surface area (Å²) in [5, 5.41) is 11.0. The molecule has 1 atom stereocenters. The smallest absolute Gasteiger partial charge is 0.269 e. The number of imidazole rings is 1. The van der Waals surface area contributed by atoms with Crippen molar-refractivity contribution in [3.05, 3.63) is 113 Å². The van der Waals surface area contributed by atoms with Crippen LogP contribution in [0.1, 0.15) is 42.4 Å². The summed E-state index contributed by atoms with van der Waals surface area (Å²) in [5.41, 5.74) is 9.67. The standard InChI is InChI=1S/C29H27ClN4O3S/c1-18-11-13-20(14-12-18)38(36,37)34-25-10-6-8-22(24-17-19(15-16-32-24)29(2,3)35)27(25)33-28(34)26(31)21-7-4-5-9-23(21)30/h4-17,26,35H,31H2,1-3H3. The fraction of sp³-hybridized carbons (Fsp3) is 0.172. The maximum atomic E-state index is 14.1. The summed E-state index contributed by atoms with van der Waals surface area (Å²) in [6.45, 7) is 5.27. The minimum absolute atomic E-state index is 0.113. The lowest BCUT2D eigenvalue weighted by Crippen LogP contribution is -2.23. The molecule has 0 aliphatic heterocycles. The highest BCUT2D eigenvalue weighted by Gasteiger charge is 2.30. The number of nitrogens with zero attached hydrogens (tertiary/aromatic N) is 3. The molecule has 3 N–H and O–H groups in total. The molecule has 7 nitrogen and oxygen atoms in total. The van der Waals surface area contributed by atoms with Crippen LogP contribution in [0.25, 0.3) is 22.3 Å². The van der Waals surface area contributed by atoms with Crippen molar-refractivity contribution in [1.82, 2.24) is 13.9 Å². The number of rotatable bonds is 6. The largest absolute Gasteiger partial charge is 0.386 e. The van der Waals surface area contributed by atoms with Crippen LogP contribution in [0.2, 0.25) is 5.02 Å². The lowest BCUT2D eigenvalue weighted by molar-refractivity contribution is 0.0785. The van der Waals surface area contributed by atoms with Crippen LogP contribution in [0.15, 0.2) is 90.0 Å². The van der Waals surface area contributed by atoms with Gasteiger partial charge in [0.1, 0.15) is 5.82 Å². The number of para-hydroxylation sites is 1. The second-order valence-corrected chi connectivity index (χ2v) is 11.9. The summed E-state index contributed by atoms with van der Waals surface area (Å²) in [4.78, 5) is 9.42.